The summed E-state index contributed by atoms with van der Waals surface area (Å²) in [6, 6.07) is 13.0. The maximum atomic E-state index is 9.13. The highest BCUT2D eigenvalue weighted by Gasteiger charge is 2.09. The van der Waals surface area contributed by atoms with Crippen LogP contribution in [0.1, 0.15) is 11.1 Å². The van der Waals surface area contributed by atoms with E-state index in [0.717, 1.165) is 11.1 Å². The van der Waals surface area contributed by atoms with Crippen molar-refractivity contribution in [3.8, 4) is 11.5 Å². The minimum Gasteiger partial charge on any atom is -0.455 e. The van der Waals surface area contributed by atoms with Crippen LogP contribution < -0.4 is 10.1 Å². The van der Waals surface area contributed by atoms with Crippen LogP contribution in [0.25, 0.3) is 0 Å². The predicted octanol–water partition coefficient (Wildman–Crippen LogP) is 3.34. The van der Waals surface area contributed by atoms with Gasteiger partial charge in [-0.25, -0.2) is 0 Å². The van der Waals surface area contributed by atoms with Crippen LogP contribution in [0.3, 0.4) is 0 Å². The number of aliphatic hydroxyl groups is 1. The molecule has 2 aromatic rings. The van der Waals surface area contributed by atoms with Crippen LogP contribution >= 0.6 is 11.6 Å². The van der Waals surface area contributed by atoms with Crippen molar-refractivity contribution in [2.75, 3.05) is 7.05 Å². The molecule has 0 spiro atoms. The van der Waals surface area contributed by atoms with Crippen LogP contribution in [0.15, 0.2) is 42.5 Å². The van der Waals surface area contributed by atoms with E-state index in [1.54, 1.807) is 12.1 Å². The molecule has 4 heteroatoms. The summed E-state index contributed by atoms with van der Waals surface area (Å²) < 4.78 is 5.85. The number of halogens is 1. The Kier molecular flexibility index (Phi) is 4.80. The van der Waals surface area contributed by atoms with Crippen LogP contribution in [-0.4, -0.2) is 12.2 Å². The van der Waals surface area contributed by atoms with Crippen molar-refractivity contribution in [2.24, 2.45) is 0 Å². The van der Waals surface area contributed by atoms with Gasteiger partial charge in [0.05, 0.1) is 11.6 Å². The zero-order chi connectivity index (χ0) is 13.7. The molecule has 2 aromatic carbocycles. The number of benzene rings is 2. The molecule has 2 rings (SSSR count). The molecule has 0 aromatic heterocycles. The van der Waals surface area contributed by atoms with Crippen LogP contribution in [0.4, 0.5) is 0 Å². The molecule has 19 heavy (non-hydrogen) atoms. The van der Waals surface area contributed by atoms with E-state index < -0.39 is 0 Å². The lowest BCUT2D eigenvalue weighted by Crippen LogP contribution is -2.06. The van der Waals surface area contributed by atoms with Gasteiger partial charge in [-0.05, 0) is 30.8 Å². The monoisotopic (exact) mass is 277 g/mol. The van der Waals surface area contributed by atoms with E-state index in [-0.39, 0.29) is 6.61 Å². The van der Waals surface area contributed by atoms with Gasteiger partial charge < -0.3 is 15.2 Å². The number of ether oxygens (including phenoxy) is 1. The maximum Gasteiger partial charge on any atom is 0.150 e. The second kappa shape index (κ2) is 6.57. The third-order valence-electron chi connectivity index (χ3n) is 2.72. The fourth-order valence-corrected chi connectivity index (χ4v) is 2.06. The van der Waals surface area contributed by atoms with Crippen molar-refractivity contribution in [1.82, 2.24) is 5.32 Å². The van der Waals surface area contributed by atoms with Crippen molar-refractivity contribution in [1.29, 1.82) is 0 Å². The number of hydrogen-bond acceptors (Lipinski definition) is 3. The summed E-state index contributed by atoms with van der Waals surface area (Å²) in [5.74, 6) is 1.31. The summed E-state index contributed by atoms with van der Waals surface area (Å²) in [5.41, 5.74) is 1.80. The summed E-state index contributed by atoms with van der Waals surface area (Å²) >= 11 is 6.19. The highest BCUT2D eigenvalue weighted by Crippen LogP contribution is 2.33. The van der Waals surface area contributed by atoms with Gasteiger partial charge in [-0.2, -0.15) is 0 Å². The number of nitrogens with one attached hydrogen (secondary N) is 1. The lowest BCUT2D eigenvalue weighted by Gasteiger charge is -2.13. The van der Waals surface area contributed by atoms with Gasteiger partial charge in [0.1, 0.15) is 11.5 Å². The fourth-order valence-electron chi connectivity index (χ4n) is 1.82. The molecule has 2 N–H and O–H groups in total. The van der Waals surface area contributed by atoms with E-state index in [4.69, 9.17) is 21.4 Å². The number of hydrogen-bond donors (Lipinski definition) is 2. The Balaban J connectivity index is 2.31. The third-order valence-corrected chi connectivity index (χ3v) is 3.01. The van der Waals surface area contributed by atoms with Gasteiger partial charge in [-0.15, -0.1) is 0 Å². The van der Waals surface area contributed by atoms with Crippen LogP contribution in [0.2, 0.25) is 5.02 Å². The van der Waals surface area contributed by atoms with Crippen molar-refractivity contribution in [2.45, 2.75) is 13.2 Å². The first kappa shape index (κ1) is 13.9. The Bertz CT molecular complexity index is 558. The molecule has 0 atom stereocenters. The zero-order valence-corrected chi connectivity index (χ0v) is 11.4. The Morgan fingerprint density at radius 3 is 2.74 bits per heavy atom. The van der Waals surface area contributed by atoms with E-state index >= 15 is 0 Å². The molecule has 100 valence electrons. The molecule has 3 nitrogen and oxygen atoms in total. The lowest BCUT2D eigenvalue weighted by molar-refractivity contribution is 0.281. The van der Waals surface area contributed by atoms with E-state index in [0.29, 0.717) is 23.1 Å². The van der Waals surface area contributed by atoms with Gasteiger partial charge in [-0.3, -0.25) is 0 Å². The number of aliphatic hydroxyl groups excluding tert-OH is 1. The van der Waals surface area contributed by atoms with Crippen molar-refractivity contribution in [3.05, 3.63) is 58.6 Å². The number of rotatable bonds is 5. The second-order valence-electron chi connectivity index (χ2n) is 4.17. The van der Waals surface area contributed by atoms with Crippen LogP contribution in [0, 0.1) is 0 Å². The molecule has 0 aliphatic rings. The summed E-state index contributed by atoms with van der Waals surface area (Å²) in [6.07, 6.45) is 0. The van der Waals surface area contributed by atoms with Gasteiger partial charge in [0.2, 0.25) is 0 Å². The van der Waals surface area contributed by atoms with E-state index in [1.807, 2.05) is 37.4 Å². The molecule has 0 aliphatic heterocycles. The molecule has 0 saturated heterocycles. The Labute approximate surface area is 117 Å². The topological polar surface area (TPSA) is 41.5 Å². The highest BCUT2D eigenvalue weighted by molar-refractivity contribution is 6.32. The quantitative estimate of drug-likeness (QED) is 0.881. The Hall–Kier alpha value is -1.55. The van der Waals surface area contributed by atoms with Gasteiger partial charge in [0.15, 0.2) is 0 Å². The van der Waals surface area contributed by atoms with E-state index in [1.165, 1.54) is 0 Å². The second-order valence-corrected chi connectivity index (χ2v) is 4.57. The van der Waals surface area contributed by atoms with Crippen LogP contribution in [-0.2, 0) is 13.2 Å². The lowest BCUT2D eigenvalue weighted by atomic mass is 10.2. The first-order chi connectivity index (χ1) is 9.24. The molecule has 0 fully saturated rings. The SMILES string of the molecule is CNCc1cccc(Cl)c1Oc1cccc(CO)c1. The first-order valence-electron chi connectivity index (χ1n) is 6.04. The van der Waals surface area contributed by atoms with Gasteiger partial charge in [0, 0.05) is 12.1 Å². The Morgan fingerprint density at radius 1 is 1.21 bits per heavy atom. The summed E-state index contributed by atoms with van der Waals surface area (Å²) in [4.78, 5) is 0. The number of para-hydroxylation sites is 1. The van der Waals surface area contributed by atoms with Crippen molar-refractivity contribution in [3.63, 3.8) is 0 Å². The predicted molar refractivity (Wildman–Crippen MR) is 76.7 cm³/mol. The smallest absolute Gasteiger partial charge is 0.150 e. The minimum absolute atomic E-state index is 0.0108. The van der Waals surface area contributed by atoms with Crippen molar-refractivity contribution >= 4 is 11.6 Å². The minimum atomic E-state index is -0.0108. The molecular formula is C15H16ClNO2. The molecule has 0 amide bonds. The maximum absolute atomic E-state index is 9.13. The van der Waals surface area contributed by atoms with Gasteiger partial charge in [0.25, 0.3) is 0 Å². The average Bonchev–Trinajstić information content (AvgIpc) is 2.43. The standard InChI is InChI=1S/C15H16ClNO2/c1-17-9-12-5-3-7-14(16)15(12)19-13-6-2-4-11(8-13)10-18/h2-8,17-18H,9-10H2,1H3. The summed E-state index contributed by atoms with van der Waals surface area (Å²) in [5, 5.41) is 12.8. The van der Waals surface area contributed by atoms with Gasteiger partial charge >= 0.3 is 0 Å². The molecule has 0 radical (unpaired) electrons. The van der Waals surface area contributed by atoms with E-state index in [2.05, 4.69) is 5.32 Å². The molecular weight excluding hydrogens is 262 g/mol. The molecule has 0 saturated carbocycles. The first-order valence-corrected chi connectivity index (χ1v) is 6.42. The van der Waals surface area contributed by atoms with Crippen LogP contribution in [0.5, 0.6) is 11.5 Å². The summed E-state index contributed by atoms with van der Waals surface area (Å²) in [7, 11) is 1.87. The average molecular weight is 278 g/mol. The highest BCUT2D eigenvalue weighted by atomic mass is 35.5. The molecule has 0 bridgehead atoms. The summed E-state index contributed by atoms with van der Waals surface area (Å²) in [6.45, 7) is 0.665. The largest absolute Gasteiger partial charge is 0.455 e. The molecule has 0 heterocycles. The van der Waals surface area contributed by atoms with Gasteiger partial charge in [-0.1, -0.05) is 35.9 Å². The van der Waals surface area contributed by atoms with E-state index in [9.17, 15) is 0 Å². The third kappa shape index (κ3) is 3.47. The Morgan fingerprint density at radius 2 is 2.00 bits per heavy atom. The molecule has 0 aliphatic carbocycles. The van der Waals surface area contributed by atoms with Crippen molar-refractivity contribution < 1.29 is 9.84 Å². The zero-order valence-electron chi connectivity index (χ0n) is 10.7. The molecule has 0 unspecified atom stereocenters. The fraction of sp³-hybridized carbons (Fsp3) is 0.200. The normalized spacial score (nSPS) is 10.5.